The third-order valence-corrected chi connectivity index (χ3v) is 3.91. The second-order valence-electron chi connectivity index (χ2n) is 5.07. The third kappa shape index (κ3) is 2.46. The van der Waals surface area contributed by atoms with Gasteiger partial charge in [0.25, 0.3) is 0 Å². The molecule has 2 fully saturated rings. The van der Waals surface area contributed by atoms with Crippen LogP contribution in [0.25, 0.3) is 0 Å². The molecule has 0 spiro atoms. The van der Waals surface area contributed by atoms with Crippen LogP contribution in [0.5, 0.6) is 0 Å². The minimum Gasteiger partial charge on any atom is -0.396 e. The van der Waals surface area contributed by atoms with Crippen LogP contribution >= 0.6 is 0 Å². The standard InChI is InChI=1S/C12H22O/c1-2-3-4-9-5-10(9)6-11-7-12(11)8-13/h9-13H,2-8H2,1H3. The first-order chi connectivity index (χ1) is 6.35. The largest absolute Gasteiger partial charge is 0.396 e. The molecule has 1 nitrogen and oxygen atoms in total. The smallest absolute Gasteiger partial charge is 0.0462 e. The molecule has 0 saturated heterocycles. The van der Waals surface area contributed by atoms with Crippen molar-refractivity contribution in [3.05, 3.63) is 0 Å². The van der Waals surface area contributed by atoms with E-state index < -0.39 is 0 Å². The Morgan fingerprint density at radius 3 is 2.38 bits per heavy atom. The van der Waals surface area contributed by atoms with E-state index in [4.69, 9.17) is 5.11 Å². The van der Waals surface area contributed by atoms with Gasteiger partial charge < -0.3 is 5.11 Å². The normalized spacial score (nSPS) is 42.0. The summed E-state index contributed by atoms with van der Waals surface area (Å²) in [6, 6.07) is 0. The summed E-state index contributed by atoms with van der Waals surface area (Å²) in [7, 11) is 0. The zero-order chi connectivity index (χ0) is 9.26. The van der Waals surface area contributed by atoms with Gasteiger partial charge in [-0.2, -0.15) is 0 Å². The van der Waals surface area contributed by atoms with E-state index in [0.29, 0.717) is 12.5 Å². The molecular weight excluding hydrogens is 160 g/mol. The summed E-state index contributed by atoms with van der Waals surface area (Å²) in [5.74, 6) is 3.71. The molecule has 0 aromatic carbocycles. The molecule has 76 valence electrons. The van der Waals surface area contributed by atoms with Crippen molar-refractivity contribution in [2.24, 2.45) is 23.7 Å². The van der Waals surface area contributed by atoms with Crippen LogP contribution in [0.4, 0.5) is 0 Å². The van der Waals surface area contributed by atoms with Crippen molar-refractivity contribution in [1.29, 1.82) is 0 Å². The van der Waals surface area contributed by atoms with Crippen molar-refractivity contribution in [2.75, 3.05) is 6.61 Å². The fraction of sp³-hybridized carbons (Fsp3) is 1.00. The van der Waals surface area contributed by atoms with Crippen LogP contribution in [0.2, 0.25) is 0 Å². The van der Waals surface area contributed by atoms with Gasteiger partial charge >= 0.3 is 0 Å². The highest BCUT2D eigenvalue weighted by molar-refractivity contribution is 4.94. The lowest BCUT2D eigenvalue weighted by atomic mass is 10.1. The maximum Gasteiger partial charge on any atom is 0.0462 e. The van der Waals surface area contributed by atoms with E-state index in [1.54, 1.807) is 0 Å². The summed E-state index contributed by atoms with van der Waals surface area (Å²) < 4.78 is 0. The van der Waals surface area contributed by atoms with Crippen molar-refractivity contribution >= 4 is 0 Å². The van der Waals surface area contributed by atoms with Gasteiger partial charge in [-0.15, -0.1) is 0 Å². The molecule has 4 unspecified atom stereocenters. The lowest BCUT2D eigenvalue weighted by molar-refractivity contribution is 0.266. The molecule has 2 aliphatic carbocycles. The SMILES string of the molecule is CCCCC1CC1CC1CC1CO. The summed E-state index contributed by atoms with van der Waals surface area (Å²) in [4.78, 5) is 0. The van der Waals surface area contributed by atoms with Gasteiger partial charge in [-0.1, -0.05) is 26.2 Å². The summed E-state index contributed by atoms with van der Waals surface area (Å²) in [5.41, 5.74) is 0. The molecule has 0 radical (unpaired) electrons. The summed E-state index contributed by atoms with van der Waals surface area (Å²) in [6.45, 7) is 2.72. The van der Waals surface area contributed by atoms with Gasteiger partial charge in [-0.25, -0.2) is 0 Å². The summed E-state index contributed by atoms with van der Waals surface area (Å²) >= 11 is 0. The van der Waals surface area contributed by atoms with Crippen LogP contribution in [0, 0.1) is 23.7 Å². The average molecular weight is 182 g/mol. The van der Waals surface area contributed by atoms with Gasteiger partial charge in [0.2, 0.25) is 0 Å². The molecule has 2 saturated carbocycles. The van der Waals surface area contributed by atoms with Gasteiger partial charge in [-0.05, 0) is 42.9 Å². The Hall–Kier alpha value is -0.0400. The molecule has 1 heteroatoms. The molecule has 0 amide bonds. The predicted octanol–water partition coefficient (Wildman–Crippen LogP) is 2.83. The zero-order valence-electron chi connectivity index (χ0n) is 8.71. The highest BCUT2D eigenvalue weighted by Gasteiger charge is 2.44. The molecule has 2 rings (SSSR count). The molecule has 2 aliphatic rings. The quantitative estimate of drug-likeness (QED) is 0.669. The van der Waals surface area contributed by atoms with E-state index >= 15 is 0 Å². The van der Waals surface area contributed by atoms with E-state index in [-0.39, 0.29) is 0 Å². The Morgan fingerprint density at radius 1 is 1.08 bits per heavy atom. The van der Waals surface area contributed by atoms with Crippen LogP contribution < -0.4 is 0 Å². The molecule has 13 heavy (non-hydrogen) atoms. The number of hydrogen-bond donors (Lipinski definition) is 1. The topological polar surface area (TPSA) is 20.2 Å². The Balaban J connectivity index is 1.54. The Morgan fingerprint density at radius 2 is 1.77 bits per heavy atom. The number of unbranched alkanes of at least 4 members (excludes halogenated alkanes) is 1. The summed E-state index contributed by atoms with van der Waals surface area (Å²) in [5, 5.41) is 8.92. The van der Waals surface area contributed by atoms with Crippen LogP contribution in [0.15, 0.2) is 0 Å². The second kappa shape index (κ2) is 4.00. The van der Waals surface area contributed by atoms with Crippen LogP contribution in [-0.2, 0) is 0 Å². The van der Waals surface area contributed by atoms with Gasteiger partial charge in [0, 0.05) is 6.61 Å². The van der Waals surface area contributed by atoms with E-state index in [1.165, 1.54) is 38.5 Å². The summed E-state index contributed by atoms with van der Waals surface area (Å²) in [6.07, 6.45) is 8.49. The first-order valence-corrected chi connectivity index (χ1v) is 5.96. The Bertz CT molecular complexity index is 167. The van der Waals surface area contributed by atoms with E-state index in [1.807, 2.05) is 0 Å². The monoisotopic (exact) mass is 182 g/mol. The molecule has 4 atom stereocenters. The minimum absolute atomic E-state index is 0.441. The second-order valence-corrected chi connectivity index (χ2v) is 5.07. The minimum atomic E-state index is 0.441. The number of rotatable bonds is 6. The number of aliphatic hydroxyl groups excluding tert-OH is 1. The zero-order valence-corrected chi connectivity index (χ0v) is 8.71. The Labute approximate surface area is 81.5 Å². The van der Waals surface area contributed by atoms with Crippen molar-refractivity contribution in [3.63, 3.8) is 0 Å². The number of hydrogen-bond acceptors (Lipinski definition) is 1. The van der Waals surface area contributed by atoms with Crippen LogP contribution in [0.3, 0.4) is 0 Å². The molecule has 0 aliphatic heterocycles. The van der Waals surface area contributed by atoms with Crippen LogP contribution in [-0.4, -0.2) is 11.7 Å². The fourth-order valence-electron chi connectivity index (χ4n) is 2.63. The molecule has 0 bridgehead atoms. The van der Waals surface area contributed by atoms with E-state index in [9.17, 15) is 0 Å². The molecule has 0 aromatic heterocycles. The average Bonchev–Trinajstić information content (AvgIpc) is 3.01. The Kier molecular flexibility index (Phi) is 2.92. The highest BCUT2D eigenvalue weighted by atomic mass is 16.3. The molecule has 0 heterocycles. The van der Waals surface area contributed by atoms with Crippen molar-refractivity contribution in [1.82, 2.24) is 0 Å². The maximum absolute atomic E-state index is 8.92. The third-order valence-electron chi connectivity index (χ3n) is 3.91. The van der Waals surface area contributed by atoms with E-state index in [0.717, 1.165) is 17.8 Å². The van der Waals surface area contributed by atoms with Gasteiger partial charge in [0.1, 0.15) is 0 Å². The first-order valence-electron chi connectivity index (χ1n) is 5.96. The lowest BCUT2D eigenvalue weighted by Crippen LogP contribution is -1.91. The fourth-order valence-corrected chi connectivity index (χ4v) is 2.63. The molecule has 1 N–H and O–H groups in total. The predicted molar refractivity (Wildman–Crippen MR) is 54.4 cm³/mol. The van der Waals surface area contributed by atoms with Crippen molar-refractivity contribution < 1.29 is 5.11 Å². The van der Waals surface area contributed by atoms with Crippen LogP contribution in [0.1, 0.15) is 45.4 Å². The lowest BCUT2D eigenvalue weighted by Gasteiger charge is -1.98. The number of aliphatic hydroxyl groups is 1. The molecular formula is C12H22O. The first kappa shape index (κ1) is 9.51. The van der Waals surface area contributed by atoms with E-state index in [2.05, 4.69) is 6.92 Å². The highest BCUT2D eigenvalue weighted by Crippen LogP contribution is 2.53. The van der Waals surface area contributed by atoms with Gasteiger partial charge in [0.05, 0.1) is 0 Å². The maximum atomic E-state index is 8.92. The van der Waals surface area contributed by atoms with Crippen molar-refractivity contribution in [3.8, 4) is 0 Å². The van der Waals surface area contributed by atoms with Crippen molar-refractivity contribution in [2.45, 2.75) is 45.4 Å². The molecule has 0 aromatic rings. The van der Waals surface area contributed by atoms with Gasteiger partial charge in [0.15, 0.2) is 0 Å². The van der Waals surface area contributed by atoms with Gasteiger partial charge in [-0.3, -0.25) is 0 Å².